The molecule has 1 aromatic carbocycles. The molecule has 0 aliphatic heterocycles. The first-order valence-electron chi connectivity index (χ1n) is 6.79. The summed E-state index contributed by atoms with van der Waals surface area (Å²) in [5.41, 5.74) is 7.11. The number of ether oxygens (including phenoxy) is 2. The highest BCUT2D eigenvalue weighted by molar-refractivity contribution is 5.28. The molecule has 0 amide bonds. The SMILES string of the molecule is CCCn1ncc(OC)c1C(N)COc1ccccc1. The molecule has 1 unspecified atom stereocenters. The van der Waals surface area contributed by atoms with Gasteiger partial charge in [0.1, 0.15) is 18.1 Å². The Morgan fingerprint density at radius 2 is 2.05 bits per heavy atom. The van der Waals surface area contributed by atoms with Crippen molar-refractivity contribution in [3.63, 3.8) is 0 Å². The van der Waals surface area contributed by atoms with Gasteiger partial charge >= 0.3 is 0 Å². The molecule has 0 aliphatic carbocycles. The van der Waals surface area contributed by atoms with E-state index in [2.05, 4.69) is 12.0 Å². The molecule has 2 aromatic rings. The summed E-state index contributed by atoms with van der Waals surface area (Å²) < 4.78 is 12.9. The van der Waals surface area contributed by atoms with Gasteiger partial charge in [0, 0.05) is 6.54 Å². The monoisotopic (exact) mass is 275 g/mol. The molecule has 2 N–H and O–H groups in total. The van der Waals surface area contributed by atoms with E-state index >= 15 is 0 Å². The maximum atomic E-state index is 6.23. The second-order valence-electron chi connectivity index (χ2n) is 4.55. The number of hydrogen-bond acceptors (Lipinski definition) is 4. The van der Waals surface area contributed by atoms with Crippen LogP contribution in [-0.4, -0.2) is 23.5 Å². The van der Waals surface area contributed by atoms with Gasteiger partial charge in [-0.2, -0.15) is 5.10 Å². The van der Waals surface area contributed by atoms with Gasteiger partial charge in [0.2, 0.25) is 0 Å². The molecule has 5 heteroatoms. The molecule has 1 atom stereocenters. The molecule has 0 aliphatic rings. The van der Waals surface area contributed by atoms with Crippen LogP contribution in [0, 0.1) is 0 Å². The number of hydrogen-bond donors (Lipinski definition) is 1. The zero-order valence-corrected chi connectivity index (χ0v) is 12.0. The van der Waals surface area contributed by atoms with E-state index in [1.807, 2.05) is 35.0 Å². The van der Waals surface area contributed by atoms with Crippen molar-refractivity contribution in [3.8, 4) is 11.5 Å². The van der Waals surface area contributed by atoms with E-state index < -0.39 is 0 Å². The molecule has 108 valence electrons. The van der Waals surface area contributed by atoms with Crippen molar-refractivity contribution in [1.82, 2.24) is 9.78 Å². The maximum absolute atomic E-state index is 6.23. The fourth-order valence-corrected chi connectivity index (χ4v) is 2.08. The average Bonchev–Trinajstić information content (AvgIpc) is 2.89. The first-order valence-corrected chi connectivity index (χ1v) is 6.79. The standard InChI is InChI=1S/C15H21N3O2/c1-3-9-18-15(14(19-2)10-17-18)13(16)11-20-12-7-5-4-6-8-12/h4-8,10,13H,3,9,11,16H2,1-2H3. The lowest BCUT2D eigenvalue weighted by atomic mass is 10.2. The summed E-state index contributed by atoms with van der Waals surface area (Å²) in [6.07, 6.45) is 2.69. The van der Waals surface area contributed by atoms with E-state index in [1.54, 1.807) is 13.3 Å². The zero-order valence-electron chi connectivity index (χ0n) is 12.0. The van der Waals surface area contributed by atoms with Crippen LogP contribution in [0.3, 0.4) is 0 Å². The molecule has 1 heterocycles. The van der Waals surface area contributed by atoms with Gasteiger partial charge in [-0.15, -0.1) is 0 Å². The molecule has 0 saturated heterocycles. The fraction of sp³-hybridized carbons (Fsp3) is 0.400. The summed E-state index contributed by atoms with van der Waals surface area (Å²) in [6.45, 7) is 3.30. The lowest BCUT2D eigenvalue weighted by molar-refractivity contribution is 0.279. The van der Waals surface area contributed by atoms with Crippen molar-refractivity contribution in [2.45, 2.75) is 25.9 Å². The predicted octanol–water partition coefficient (Wildman–Crippen LogP) is 2.38. The number of aromatic nitrogens is 2. The minimum Gasteiger partial charge on any atom is -0.493 e. The number of para-hydroxylation sites is 1. The maximum Gasteiger partial charge on any atom is 0.161 e. The van der Waals surface area contributed by atoms with Crippen LogP contribution in [0.4, 0.5) is 0 Å². The molecule has 0 bridgehead atoms. The van der Waals surface area contributed by atoms with Crippen LogP contribution >= 0.6 is 0 Å². The number of nitrogens with zero attached hydrogens (tertiary/aromatic N) is 2. The molecule has 20 heavy (non-hydrogen) atoms. The second kappa shape index (κ2) is 6.96. The Morgan fingerprint density at radius 3 is 2.70 bits per heavy atom. The normalized spacial score (nSPS) is 12.2. The Kier molecular flexibility index (Phi) is 5.01. The van der Waals surface area contributed by atoms with Crippen molar-refractivity contribution in [2.24, 2.45) is 5.73 Å². The van der Waals surface area contributed by atoms with Gasteiger partial charge in [-0.05, 0) is 18.6 Å². The second-order valence-corrected chi connectivity index (χ2v) is 4.55. The van der Waals surface area contributed by atoms with Crippen molar-refractivity contribution in [3.05, 3.63) is 42.2 Å². The molecule has 0 saturated carbocycles. The summed E-state index contributed by atoms with van der Waals surface area (Å²) in [6, 6.07) is 9.36. The quantitative estimate of drug-likeness (QED) is 0.842. The summed E-state index contributed by atoms with van der Waals surface area (Å²) >= 11 is 0. The van der Waals surface area contributed by atoms with Gasteiger partial charge in [0.25, 0.3) is 0 Å². The third-order valence-electron chi connectivity index (χ3n) is 3.02. The van der Waals surface area contributed by atoms with Gasteiger partial charge < -0.3 is 15.2 Å². The Hall–Kier alpha value is -2.01. The smallest absolute Gasteiger partial charge is 0.161 e. The Balaban J connectivity index is 2.08. The predicted molar refractivity (Wildman–Crippen MR) is 77.9 cm³/mol. The third kappa shape index (κ3) is 3.30. The third-order valence-corrected chi connectivity index (χ3v) is 3.02. The van der Waals surface area contributed by atoms with E-state index in [4.69, 9.17) is 15.2 Å². The lowest BCUT2D eigenvalue weighted by Gasteiger charge is -2.16. The van der Waals surface area contributed by atoms with Crippen molar-refractivity contribution < 1.29 is 9.47 Å². The van der Waals surface area contributed by atoms with Crippen LogP contribution < -0.4 is 15.2 Å². The highest BCUT2D eigenvalue weighted by Gasteiger charge is 2.19. The van der Waals surface area contributed by atoms with Gasteiger partial charge in [0.05, 0.1) is 19.3 Å². The minimum atomic E-state index is -0.279. The first-order chi connectivity index (χ1) is 9.76. The minimum absolute atomic E-state index is 0.279. The molecule has 2 rings (SSSR count). The Labute approximate surface area is 119 Å². The average molecular weight is 275 g/mol. The van der Waals surface area contributed by atoms with Gasteiger partial charge in [-0.25, -0.2) is 0 Å². The van der Waals surface area contributed by atoms with E-state index in [9.17, 15) is 0 Å². The van der Waals surface area contributed by atoms with Crippen LogP contribution in [0.25, 0.3) is 0 Å². The van der Waals surface area contributed by atoms with Gasteiger partial charge in [-0.3, -0.25) is 4.68 Å². The van der Waals surface area contributed by atoms with Crippen LogP contribution in [0.5, 0.6) is 11.5 Å². The molecular formula is C15H21N3O2. The van der Waals surface area contributed by atoms with E-state index in [1.165, 1.54) is 0 Å². The number of nitrogens with two attached hydrogens (primary N) is 1. The number of benzene rings is 1. The summed E-state index contributed by atoms with van der Waals surface area (Å²) in [4.78, 5) is 0. The first kappa shape index (κ1) is 14.4. The van der Waals surface area contributed by atoms with Crippen molar-refractivity contribution in [1.29, 1.82) is 0 Å². The van der Waals surface area contributed by atoms with Crippen LogP contribution in [0.2, 0.25) is 0 Å². The Bertz CT molecular complexity index is 525. The van der Waals surface area contributed by atoms with Crippen molar-refractivity contribution >= 4 is 0 Å². The number of methoxy groups -OCH3 is 1. The molecule has 5 nitrogen and oxygen atoms in total. The lowest BCUT2D eigenvalue weighted by Crippen LogP contribution is -2.23. The zero-order chi connectivity index (χ0) is 14.4. The molecular weight excluding hydrogens is 254 g/mol. The highest BCUT2D eigenvalue weighted by atomic mass is 16.5. The number of aryl methyl sites for hydroxylation is 1. The summed E-state index contributed by atoms with van der Waals surface area (Å²) in [5, 5.41) is 4.31. The molecule has 0 radical (unpaired) electrons. The molecule has 0 spiro atoms. The largest absolute Gasteiger partial charge is 0.493 e. The van der Waals surface area contributed by atoms with E-state index in [-0.39, 0.29) is 6.04 Å². The number of rotatable bonds is 7. The highest BCUT2D eigenvalue weighted by Crippen LogP contribution is 2.24. The van der Waals surface area contributed by atoms with Crippen LogP contribution in [0.15, 0.2) is 36.5 Å². The van der Waals surface area contributed by atoms with Gasteiger partial charge in [-0.1, -0.05) is 25.1 Å². The van der Waals surface area contributed by atoms with E-state index in [0.29, 0.717) is 12.4 Å². The summed E-state index contributed by atoms with van der Waals surface area (Å²) in [7, 11) is 1.63. The Morgan fingerprint density at radius 1 is 1.30 bits per heavy atom. The topological polar surface area (TPSA) is 62.3 Å². The molecule has 0 fully saturated rings. The van der Waals surface area contributed by atoms with Crippen LogP contribution in [-0.2, 0) is 6.54 Å². The fourth-order valence-electron chi connectivity index (χ4n) is 2.08. The van der Waals surface area contributed by atoms with E-state index in [0.717, 1.165) is 24.4 Å². The van der Waals surface area contributed by atoms with Gasteiger partial charge in [0.15, 0.2) is 5.75 Å². The summed E-state index contributed by atoms with van der Waals surface area (Å²) in [5.74, 6) is 1.52. The molecule has 1 aromatic heterocycles. The van der Waals surface area contributed by atoms with Crippen molar-refractivity contribution in [2.75, 3.05) is 13.7 Å². The van der Waals surface area contributed by atoms with Crippen LogP contribution in [0.1, 0.15) is 25.1 Å².